The largest absolute Gasteiger partial charge is 0.337 e. The van der Waals surface area contributed by atoms with Crippen molar-refractivity contribution >= 4 is 41.0 Å². The van der Waals surface area contributed by atoms with Crippen molar-refractivity contribution in [3.8, 4) is 0 Å². The van der Waals surface area contributed by atoms with Crippen molar-refractivity contribution in [2.24, 2.45) is 0 Å². The van der Waals surface area contributed by atoms with Crippen LogP contribution in [-0.2, 0) is 0 Å². The molecule has 0 spiro atoms. The quantitative estimate of drug-likeness (QED) is 0.758. The first-order chi connectivity index (χ1) is 11.5. The van der Waals surface area contributed by atoms with E-state index in [1.165, 1.54) is 0 Å². The Bertz CT molecular complexity index is 555. The Kier molecular flexibility index (Phi) is 8.01. The average molecular weight is 390 g/mol. The zero-order chi connectivity index (χ0) is 17.5. The number of amides is 2. The summed E-state index contributed by atoms with van der Waals surface area (Å²) >= 11 is 13.8. The molecule has 4 nitrogen and oxygen atoms in total. The van der Waals surface area contributed by atoms with Gasteiger partial charge in [-0.3, -0.25) is 0 Å². The van der Waals surface area contributed by atoms with Crippen LogP contribution in [0.4, 0.5) is 4.79 Å². The van der Waals surface area contributed by atoms with Crippen molar-refractivity contribution in [1.29, 1.82) is 0 Å². The van der Waals surface area contributed by atoms with Crippen LogP contribution in [-0.4, -0.2) is 60.3 Å². The third-order valence-electron chi connectivity index (χ3n) is 4.22. The lowest BCUT2D eigenvalue weighted by molar-refractivity contribution is 0.206. The molecule has 0 radical (unpaired) electrons. The molecule has 1 heterocycles. The highest BCUT2D eigenvalue weighted by Gasteiger charge is 2.26. The number of likely N-dealkylation sites (N-methyl/N-ethyl adjacent to an activating group) is 1. The highest BCUT2D eigenvalue weighted by Crippen LogP contribution is 2.33. The number of thioether (sulfide) groups is 1. The molecule has 0 bridgehead atoms. The Hall–Kier alpha value is -0.620. The van der Waals surface area contributed by atoms with Gasteiger partial charge in [0.05, 0.1) is 10.0 Å². The minimum absolute atomic E-state index is 0.0411. The fourth-order valence-electron chi connectivity index (χ4n) is 2.72. The van der Waals surface area contributed by atoms with Gasteiger partial charge in [0.15, 0.2) is 0 Å². The molecular weight excluding hydrogens is 365 g/mol. The summed E-state index contributed by atoms with van der Waals surface area (Å²) in [4.78, 5) is 17.5. The summed E-state index contributed by atoms with van der Waals surface area (Å²) < 4.78 is 0. The minimum Gasteiger partial charge on any atom is -0.337 e. The number of nitrogens with zero attached hydrogens (tertiary/aromatic N) is 2. The van der Waals surface area contributed by atoms with Crippen LogP contribution in [0, 0.1) is 0 Å². The number of urea groups is 1. The van der Waals surface area contributed by atoms with Gasteiger partial charge in [-0.1, -0.05) is 37.0 Å². The molecule has 0 aliphatic carbocycles. The van der Waals surface area contributed by atoms with Crippen LogP contribution >= 0.6 is 35.0 Å². The van der Waals surface area contributed by atoms with Crippen LogP contribution in [0.25, 0.3) is 0 Å². The van der Waals surface area contributed by atoms with Crippen LogP contribution in [0.3, 0.4) is 0 Å². The first-order valence-corrected chi connectivity index (χ1v) is 10.0. The summed E-state index contributed by atoms with van der Waals surface area (Å²) in [7, 11) is 0. The van der Waals surface area contributed by atoms with Crippen LogP contribution in [0.1, 0.15) is 20.3 Å². The van der Waals surface area contributed by atoms with E-state index in [-0.39, 0.29) is 6.03 Å². The van der Waals surface area contributed by atoms with E-state index in [1.807, 2.05) is 23.1 Å². The predicted molar refractivity (Wildman–Crippen MR) is 103 cm³/mol. The molecule has 134 valence electrons. The van der Waals surface area contributed by atoms with Gasteiger partial charge in [-0.15, -0.1) is 11.8 Å². The summed E-state index contributed by atoms with van der Waals surface area (Å²) in [5.41, 5.74) is 0. The van der Waals surface area contributed by atoms with Crippen molar-refractivity contribution in [3.63, 3.8) is 0 Å². The number of likely N-dealkylation sites (tertiary alicyclic amines) is 1. The Morgan fingerprint density at radius 2 is 2.08 bits per heavy atom. The van der Waals surface area contributed by atoms with Crippen molar-refractivity contribution in [2.45, 2.75) is 30.4 Å². The molecule has 1 saturated heterocycles. The van der Waals surface area contributed by atoms with E-state index in [0.717, 1.165) is 44.0 Å². The Labute approximate surface area is 158 Å². The molecule has 0 saturated carbocycles. The van der Waals surface area contributed by atoms with E-state index < -0.39 is 0 Å². The van der Waals surface area contributed by atoms with E-state index >= 15 is 0 Å². The maximum absolute atomic E-state index is 12.2. The first-order valence-electron chi connectivity index (χ1n) is 8.40. The molecule has 1 atom stereocenters. The number of carbonyl (C=O) groups excluding carboxylic acids is 1. The van der Waals surface area contributed by atoms with Crippen LogP contribution in [0.2, 0.25) is 10.0 Å². The molecule has 1 aromatic carbocycles. The van der Waals surface area contributed by atoms with Gasteiger partial charge in [0, 0.05) is 36.3 Å². The second-order valence-corrected chi connectivity index (χ2v) is 8.00. The molecule has 1 N–H and O–H groups in total. The Morgan fingerprint density at radius 1 is 1.33 bits per heavy atom. The molecule has 1 aromatic rings. The number of nitrogens with one attached hydrogen (secondary N) is 1. The summed E-state index contributed by atoms with van der Waals surface area (Å²) in [6.45, 7) is 9.46. The van der Waals surface area contributed by atoms with Crippen LogP contribution in [0.15, 0.2) is 23.1 Å². The summed E-state index contributed by atoms with van der Waals surface area (Å²) in [6.07, 6.45) is 0.994. The molecule has 1 aliphatic rings. The number of benzene rings is 1. The van der Waals surface area contributed by atoms with Crippen LogP contribution in [0.5, 0.6) is 0 Å². The lowest BCUT2D eigenvalue weighted by atomic mass is 10.4. The van der Waals surface area contributed by atoms with Crippen LogP contribution < -0.4 is 5.32 Å². The summed E-state index contributed by atoms with van der Waals surface area (Å²) in [6, 6.07) is 5.73. The Balaban J connectivity index is 1.75. The van der Waals surface area contributed by atoms with Crippen molar-refractivity contribution in [2.75, 3.05) is 39.3 Å². The maximum atomic E-state index is 12.2. The van der Waals surface area contributed by atoms with Gasteiger partial charge >= 0.3 is 6.03 Å². The third kappa shape index (κ3) is 5.73. The minimum atomic E-state index is 0.0411. The van der Waals surface area contributed by atoms with Gasteiger partial charge in [0.2, 0.25) is 0 Å². The summed E-state index contributed by atoms with van der Waals surface area (Å²) in [5, 5.41) is 4.57. The predicted octanol–water partition coefficient (Wildman–Crippen LogP) is 4.21. The zero-order valence-electron chi connectivity index (χ0n) is 14.2. The van der Waals surface area contributed by atoms with Gasteiger partial charge in [-0.05, 0) is 37.7 Å². The molecular formula is C17H25Cl2N3OS. The number of rotatable bonds is 7. The first kappa shape index (κ1) is 19.7. The van der Waals surface area contributed by atoms with Gasteiger partial charge in [0.1, 0.15) is 0 Å². The van der Waals surface area contributed by atoms with E-state index in [4.69, 9.17) is 23.2 Å². The van der Waals surface area contributed by atoms with Gasteiger partial charge in [-0.2, -0.15) is 0 Å². The SMILES string of the molecule is CCN(CC)CCNC(=O)N1CCC(Sc2ccc(Cl)c(Cl)c2)C1. The highest BCUT2D eigenvalue weighted by atomic mass is 35.5. The smallest absolute Gasteiger partial charge is 0.317 e. The molecule has 1 fully saturated rings. The average Bonchev–Trinajstić information content (AvgIpc) is 3.03. The second-order valence-electron chi connectivity index (χ2n) is 5.81. The normalized spacial score (nSPS) is 17.5. The molecule has 1 unspecified atom stereocenters. The van der Waals surface area contributed by atoms with Gasteiger partial charge in [-0.25, -0.2) is 4.79 Å². The topological polar surface area (TPSA) is 35.6 Å². The van der Waals surface area contributed by atoms with E-state index in [2.05, 4.69) is 24.1 Å². The zero-order valence-corrected chi connectivity index (χ0v) is 16.6. The van der Waals surface area contributed by atoms with Crippen molar-refractivity contribution in [1.82, 2.24) is 15.1 Å². The molecule has 7 heteroatoms. The number of carbonyl (C=O) groups is 1. The number of hydrogen-bond acceptors (Lipinski definition) is 3. The van der Waals surface area contributed by atoms with E-state index in [0.29, 0.717) is 21.8 Å². The Morgan fingerprint density at radius 3 is 2.75 bits per heavy atom. The molecule has 0 aromatic heterocycles. The lowest BCUT2D eigenvalue weighted by Gasteiger charge is -2.21. The third-order valence-corrected chi connectivity index (χ3v) is 6.21. The van der Waals surface area contributed by atoms with Crippen molar-refractivity contribution in [3.05, 3.63) is 28.2 Å². The molecule has 1 aliphatic heterocycles. The van der Waals surface area contributed by atoms with E-state index in [1.54, 1.807) is 11.8 Å². The summed E-state index contributed by atoms with van der Waals surface area (Å²) in [5.74, 6) is 0. The fraction of sp³-hybridized carbons (Fsp3) is 0.588. The standard InChI is InChI=1S/C17H25Cl2N3OS/c1-3-21(4-2)10-8-20-17(23)22-9-7-14(12-22)24-13-5-6-15(18)16(19)11-13/h5-6,11,14H,3-4,7-10,12H2,1-2H3,(H,20,23). The molecule has 2 rings (SSSR count). The van der Waals surface area contributed by atoms with Gasteiger partial charge in [0.25, 0.3) is 0 Å². The molecule has 24 heavy (non-hydrogen) atoms. The van der Waals surface area contributed by atoms with Crippen molar-refractivity contribution < 1.29 is 4.79 Å². The number of halogens is 2. The molecule has 2 amide bonds. The van der Waals surface area contributed by atoms with E-state index in [9.17, 15) is 4.79 Å². The second kappa shape index (κ2) is 9.76. The monoisotopic (exact) mass is 389 g/mol. The van der Waals surface area contributed by atoms with Gasteiger partial charge < -0.3 is 15.1 Å². The highest BCUT2D eigenvalue weighted by molar-refractivity contribution is 8.00. The lowest BCUT2D eigenvalue weighted by Crippen LogP contribution is -2.42. The maximum Gasteiger partial charge on any atom is 0.317 e. The fourth-order valence-corrected chi connectivity index (χ4v) is 4.28. The number of hydrogen-bond donors (Lipinski definition) is 1.